The smallest absolute Gasteiger partial charge is 0.407 e. The van der Waals surface area contributed by atoms with Crippen LogP contribution in [0.25, 0.3) is 0 Å². The van der Waals surface area contributed by atoms with Crippen molar-refractivity contribution in [2.75, 3.05) is 6.54 Å². The van der Waals surface area contributed by atoms with Crippen molar-refractivity contribution in [2.24, 2.45) is 0 Å². The van der Waals surface area contributed by atoms with Gasteiger partial charge in [-0.05, 0) is 26.8 Å². The molecular formula is C16H18N2O5. The van der Waals surface area contributed by atoms with Gasteiger partial charge in [0, 0.05) is 36.2 Å². The van der Waals surface area contributed by atoms with E-state index in [4.69, 9.17) is 4.74 Å². The molecule has 0 aromatic heterocycles. The number of nitro groups is 1. The molecule has 1 amide bonds. The molecule has 0 aliphatic heterocycles. The number of non-ortho nitro benzene ring substituents is 1. The first-order valence-electron chi connectivity index (χ1n) is 6.92. The maximum Gasteiger partial charge on any atom is 0.407 e. The maximum atomic E-state index is 11.4. The van der Waals surface area contributed by atoms with Crippen LogP contribution in [0.3, 0.4) is 0 Å². The van der Waals surface area contributed by atoms with Crippen molar-refractivity contribution in [3.8, 4) is 11.8 Å². The molecule has 1 aromatic carbocycles. The van der Waals surface area contributed by atoms with Crippen LogP contribution in [0, 0.1) is 22.0 Å². The summed E-state index contributed by atoms with van der Waals surface area (Å²) >= 11 is 0. The van der Waals surface area contributed by atoms with Crippen LogP contribution in [0.15, 0.2) is 18.2 Å². The minimum Gasteiger partial charge on any atom is -0.444 e. The lowest BCUT2D eigenvalue weighted by Gasteiger charge is -2.19. The largest absolute Gasteiger partial charge is 0.444 e. The molecule has 0 bridgehead atoms. The lowest BCUT2D eigenvalue weighted by atomic mass is 10.1. The van der Waals surface area contributed by atoms with Gasteiger partial charge in [-0.2, -0.15) is 0 Å². The van der Waals surface area contributed by atoms with Gasteiger partial charge in [0.15, 0.2) is 6.29 Å². The van der Waals surface area contributed by atoms with Crippen LogP contribution in [0.1, 0.15) is 43.1 Å². The number of carbonyl (C=O) groups excluding carboxylic acids is 2. The molecule has 0 atom stereocenters. The third kappa shape index (κ3) is 6.61. The zero-order valence-corrected chi connectivity index (χ0v) is 13.2. The first kappa shape index (κ1) is 18.2. The van der Waals surface area contributed by atoms with Crippen LogP contribution < -0.4 is 5.32 Å². The van der Waals surface area contributed by atoms with Gasteiger partial charge in [0.25, 0.3) is 5.69 Å². The highest BCUT2D eigenvalue weighted by molar-refractivity contribution is 5.80. The van der Waals surface area contributed by atoms with E-state index in [1.807, 2.05) is 0 Å². The van der Waals surface area contributed by atoms with Crippen LogP contribution in [0.5, 0.6) is 0 Å². The number of nitrogens with one attached hydrogen (secondary N) is 1. The van der Waals surface area contributed by atoms with Crippen molar-refractivity contribution in [3.05, 3.63) is 39.4 Å². The molecule has 1 rings (SSSR count). The van der Waals surface area contributed by atoms with Crippen LogP contribution in [0.4, 0.5) is 10.5 Å². The van der Waals surface area contributed by atoms with E-state index in [1.54, 1.807) is 20.8 Å². The Morgan fingerprint density at radius 3 is 2.70 bits per heavy atom. The van der Waals surface area contributed by atoms with Gasteiger partial charge in [0.2, 0.25) is 0 Å². The molecule has 0 heterocycles. The number of alkyl carbamates (subject to hydrolysis) is 1. The summed E-state index contributed by atoms with van der Waals surface area (Å²) in [5, 5.41) is 13.2. The van der Waals surface area contributed by atoms with E-state index in [9.17, 15) is 19.7 Å². The summed E-state index contributed by atoms with van der Waals surface area (Å²) in [6, 6.07) is 3.89. The van der Waals surface area contributed by atoms with E-state index < -0.39 is 16.6 Å². The van der Waals surface area contributed by atoms with Crippen LogP contribution in [-0.4, -0.2) is 29.4 Å². The number of aldehydes is 1. The Bertz CT molecular complexity index is 665. The van der Waals surface area contributed by atoms with Crippen LogP contribution in [-0.2, 0) is 4.74 Å². The number of nitrogens with zero attached hydrogens (tertiary/aromatic N) is 1. The number of carbonyl (C=O) groups is 2. The highest BCUT2D eigenvalue weighted by Gasteiger charge is 2.15. The minimum atomic E-state index is -0.574. The standard InChI is InChI=1S/C16H18N2O5/c1-16(2,3)23-15(20)17-9-5-4-6-12-7-8-14(18(21)22)10-13(12)11-19/h7-8,10-11H,5,9H2,1-3H3,(H,17,20). The van der Waals surface area contributed by atoms with Gasteiger partial charge in [-0.3, -0.25) is 14.9 Å². The van der Waals surface area contributed by atoms with Gasteiger partial charge in [-0.15, -0.1) is 0 Å². The molecule has 122 valence electrons. The van der Waals surface area contributed by atoms with Crippen LogP contribution >= 0.6 is 0 Å². The van der Waals surface area contributed by atoms with E-state index in [2.05, 4.69) is 17.2 Å². The summed E-state index contributed by atoms with van der Waals surface area (Å²) in [5.74, 6) is 5.55. The van der Waals surface area contributed by atoms with Crippen molar-refractivity contribution >= 4 is 18.1 Å². The summed E-state index contributed by atoms with van der Waals surface area (Å²) in [5.41, 5.74) is -0.160. The lowest BCUT2D eigenvalue weighted by Crippen LogP contribution is -2.32. The summed E-state index contributed by atoms with van der Waals surface area (Å²) in [7, 11) is 0. The van der Waals surface area contributed by atoms with Crippen molar-refractivity contribution in [2.45, 2.75) is 32.8 Å². The molecule has 0 fully saturated rings. The fraction of sp³-hybridized carbons (Fsp3) is 0.375. The van der Waals surface area contributed by atoms with Crippen molar-refractivity contribution in [1.29, 1.82) is 0 Å². The molecular weight excluding hydrogens is 300 g/mol. The molecule has 0 aliphatic rings. The van der Waals surface area contributed by atoms with E-state index in [0.717, 1.165) is 0 Å². The molecule has 1 aromatic rings. The number of hydrogen-bond acceptors (Lipinski definition) is 5. The Morgan fingerprint density at radius 2 is 2.13 bits per heavy atom. The lowest BCUT2D eigenvalue weighted by molar-refractivity contribution is -0.384. The molecule has 7 nitrogen and oxygen atoms in total. The third-order valence-corrected chi connectivity index (χ3v) is 2.51. The molecule has 1 N–H and O–H groups in total. The average Bonchev–Trinajstić information content (AvgIpc) is 2.44. The van der Waals surface area contributed by atoms with Crippen molar-refractivity contribution in [3.63, 3.8) is 0 Å². The molecule has 0 saturated carbocycles. The summed E-state index contributed by atoms with van der Waals surface area (Å²) in [6.07, 6.45) is 0.355. The van der Waals surface area contributed by atoms with E-state index >= 15 is 0 Å². The SMILES string of the molecule is CC(C)(C)OC(=O)NCCC#Cc1ccc([N+](=O)[O-])cc1C=O. The topological polar surface area (TPSA) is 98.5 Å². The number of hydrogen-bond donors (Lipinski definition) is 1. The minimum absolute atomic E-state index is 0.159. The predicted molar refractivity (Wildman–Crippen MR) is 84.2 cm³/mol. The predicted octanol–water partition coefficient (Wildman–Crippen LogP) is 2.67. The first-order chi connectivity index (χ1) is 10.7. The second-order valence-electron chi connectivity index (χ2n) is 5.63. The maximum absolute atomic E-state index is 11.4. The normalized spacial score (nSPS) is 10.2. The average molecular weight is 318 g/mol. The Morgan fingerprint density at radius 1 is 1.43 bits per heavy atom. The van der Waals surface area contributed by atoms with E-state index in [1.165, 1.54) is 18.2 Å². The first-order valence-corrected chi connectivity index (χ1v) is 6.92. The Hall–Kier alpha value is -2.88. The van der Waals surface area contributed by atoms with Crippen LogP contribution in [0.2, 0.25) is 0 Å². The Kier molecular flexibility index (Phi) is 6.27. The van der Waals surface area contributed by atoms with Gasteiger partial charge in [-0.1, -0.05) is 11.8 Å². The molecule has 0 radical (unpaired) electrons. The summed E-state index contributed by atoms with van der Waals surface area (Å²) < 4.78 is 5.07. The van der Waals surface area contributed by atoms with E-state index in [-0.39, 0.29) is 11.3 Å². The number of amides is 1. The second kappa shape index (κ2) is 7.94. The zero-order valence-electron chi connectivity index (χ0n) is 13.2. The summed E-state index contributed by atoms with van der Waals surface area (Å²) in [4.78, 5) is 32.4. The Balaban J connectivity index is 2.59. The molecule has 0 unspecified atom stereocenters. The fourth-order valence-electron chi connectivity index (χ4n) is 1.57. The second-order valence-corrected chi connectivity index (χ2v) is 5.63. The van der Waals surface area contributed by atoms with Crippen molar-refractivity contribution in [1.82, 2.24) is 5.32 Å². The van der Waals surface area contributed by atoms with Gasteiger partial charge < -0.3 is 10.1 Å². The number of ether oxygens (including phenoxy) is 1. The zero-order chi connectivity index (χ0) is 17.5. The fourth-order valence-corrected chi connectivity index (χ4v) is 1.57. The van der Waals surface area contributed by atoms with Gasteiger partial charge in [0.05, 0.1) is 4.92 Å². The van der Waals surface area contributed by atoms with Gasteiger partial charge >= 0.3 is 6.09 Å². The monoisotopic (exact) mass is 318 g/mol. The Labute approximate surface area is 134 Å². The molecule has 7 heteroatoms. The molecule has 0 saturated heterocycles. The molecule has 0 aliphatic carbocycles. The van der Waals surface area contributed by atoms with Gasteiger partial charge in [-0.25, -0.2) is 4.79 Å². The highest BCUT2D eigenvalue weighted by Crippen LogP contribution is 2.15. The van der Waals surface area contributed by atoms with Crippen molar-refractivity contribution < 1.29 is 19.2 Å². The third-order valence-electron chi connectivity index (χ3n) is 2.51. The highest BCUT2D eigenvalue weighted by atomic mass is 16.6. The van der Waals surface area contributed by atoms with E-state index in [0.29, 0.717) is 24.8 Å². The van der Waals surface area contributed by atoms with Gasteiger partial charge in [0.1, 0.15) is 5.60 Å². The number of nitro benzene ring substituents is 1. The quantitative estimate of drug-likeness (QED) is 0.302. The summed E-state index contributed by atoms with van der Waals surface area (Å²) in [6.45, 7) is 5.59. The number of benzene rings is 1. The number of rotatable bonds is 4. The molecule has 23 heavy (non-hydrogen) atoms. The molecule has 0 spiro atoms.